The quantitative estimate of drug-likeness (QED) is 0.730. The van der Waals surface area contributed by atoms with Gasteiger partial charge in [-0.15, -0.1) is 0 Å². The third-order valence-electron chi connectivity index (χ3n) is 3.82. The van der Waals surface area contributed by atoms with Crippen molar-refractivity contribution in [2.75, 3.05) is 20.8 Å². The SMILES string of the molecule is COc1cc2[nH]nc(C(=O)NCCc3ccccc3)c2cc1OC. The molecule has 2 N–H and O–H groups in total. The summed E-state index contributed by atoms with van der Waals surface area (Å²) in [6, 6.07) is 13.5. The third-order valence-corrected chi connectivity index (χ3v) is 3.82. The van der Waals surface area contributed by atoms with E-state index in [0.717, 1.165) is 11.9 Å². The molecule has 0 spiro atoms. The van der Waals surface area contributed by atoms with Crippen LogP contribution in [0.15, 0.2) is 42.5 Å². The number of carbonyl (C=O) groups is 1. The van der Waals surface area contributed by atoms with E-state index in [9.17, 15) is 4.79 Å². The number of nitrogens with one attached hydrogen (secondary N) is 2. The Bertz CT molecular complexity index is 843. The number of amides is 1. The van der Waals surface area contributed by atoms with Gasteiger partial charge in [-0.25, -0.2) is 0 Å². The summed E-state index contributed by atoms with van der Waals surface area (Å²) in [4.78, 5) is 12.4. The molecule has 0 atom stereocenters. The second kappa shape index (κ2) is 7.04. The first-order valence-electron chi connectivity index (χ1n) is 7.65. The van der Waals surface area contributed by atoms with Crippen molar-refractivity contribution in [2.45, 2.75) is 6.42 Å². The second-order valence-electron chi connectivity index (χ2n) is 5.32. The van der Waals surface area contributed by atoms with E-state index in [4.69, 9.17) is 9.47 Å². The number of rotatable bonds is 6. The van der Waals surface area contributed by atoms with E-state index in [2.05, 4.69) is 15.5 Å². The summed E-state index contributed by atoms with van der Waals surface area (Å²) in [6.07, 6.45) is 0.770. The van der Waals surface area contributed by atoms with E-state index >= 15 is 0 Å². The maximum Gasteiger partial charge on any atom is 0.272 e. The number of hydrogen-bond acceptors (Lipinski definition) is 4. The lowest BCUT2D eigenvalue weighted by molar-refractivity contribution is 0.0950. The summed E-state index contributed by atoms with van der Waals surface area (Å²) < 4.78 is 10.5. The predicted molar refractivity (Wildman–Crippen MR) is 91.7 cm³/mol. The molecule has 6 heteroatoms. The maximum absolute atomic E-state index is 12.4. The van der Waals surface area contributed by atoms with E-state index in [0.29, 0.717) is 29.1 Å². The number of nitrogens with zero attached hydrogens (tertiary/aromatic N) is 1. The van der Waals surface area contributed by atoms with Crippen LogP contribution in [-0.4, -0.2) is 36.9 Å². The van der Waals surface area contributed by atoms with Crippen LogP contribution in [0.5, 0.6) is 11.5 Å². The Morgan fingerprint density at radius 1 is 1.12 bits per heavy atom. The minimum Gasteiger partial charge on any atom is -0.493 e. The van der Waals surface area contributed by atoms with Crippen molar-refractivity contribution >= 4 is 16.8 Å². The molecule has 0 unspecified atom stereocenters. The van der Waals surface area contributed by atoms with Crippen LogP contribution in [-0.2, 0) is 6.42 Å². The molecule has 0 aliphatic carbocycles. The summed E-state index contributed by atoms with van der Waals surface area (Å²) in [5.74, 6) is 0.929. The zero-order valence-electron chi connectivity index (χ0n) is 13.6. The fourth-order valence-electron chi connectivity index (χ4n) is 2.57. The lowest BCUT2D eigenvalue weighted by Gasteiger charge is -2.07. The molecule has 1 heterocycles. The minimum atomic E-state index is -0.218. The topological polar surface area (TPSA) is 76.2 Å². The van der Waals surface area contributed by atoms with Gasteiger partial charge >= 0.3 is 0 Å². The molecule has 2 aromatic carbocycles. The first-order valence-corrected chi connectivity index (χ1v) is 7.65. The number of methoxy groups -OCH3 is 2. The molecule has 1 amide bonds. The van der Waals surface area contributed by atoms with Gasteiger partial charge in [0.15, 0.2) is 17.2 Å². The van der Waals surface area contributed by atoms with E-state index in [1.807, 2.05) is 30.3 Å². The highest BCUT2D eigenvalue weighted by Crippen LogP contribution is 2.32. The van der Waals surface area contributed by atoms with Gasteiger partial charge in [0.05, 0.1) is 19.7 Å². The predicted octanol–water partition coefficient (Wildman–Crippen LogP) is 2.55. The largest absolute Gasteiger partial charge is 0.493 e. The molecule has 0 fully saturated rings. The smallest absolute Gasteiger partial charge is 0.272 e. The highest BCUT2D eigenvalue weighted by Gasteiger charge is 2.17. The molecular formula is C18H19N3O3. The highest BCUT2D eigenvalue weighted by atomic mass is 16.5. The lowest BCUT2D eigenvalue weighted by Crippen LogP contribution is -2.26. The number of H-pyrrole nitrogens is 1. The van der Waals surface area contributed by atoms with E-state index in [-0.39, 0.29) is 5.91 Å². The molecule has 1 aromatic heterocycles. The van der Waals surface area contributed by atoms with Gasteiger partial charge in [-0.3, -0.25) is 9.89 Å². The number of fused-ring (bicyclic) bond motifs is 1. The normalized spacial score (nSPS) is 10.6. The molecule has 0 bridgehead atoms. The number of ether oxygens (including phenoxy) is 2. The maximum atomic E-state index is 12.4. The van der Waals surface area contributed by atoms with Gasteiger partial charge in [-0.1, -0.05) is 30.3 Å². The summed E-state index contributed by atoms with van der Waals surface area (Å²) in [7, 11) is 3.13. The zero-order chi connectivity index (χ0) is 16.9. The molecule has 0 saturated heterocycles. The van der Waals surface area contributed by atoms with Crippen LogP contribution < -0.4 is 14.8 Å². The number of carbonyl (C=O) groups excluding carboxylic acids is 1. The first-order chi connectivity index (χ1) is 11.7. The van der Waals surface area contributed by atoms with Crippen LogP contribution in [0.2, 0.25) is 0 Å². The number of aromatic nitrogens is 2. The molecule has 0 radical (unpaired) electrons. The summed E-state index contributed by atoms with van der Waals surface area (Å²) in [6.45, 7) is 0.546. The van der Waals surface area contributed by atoms with Crippen LogP contribution in [0.4, 0.5) is 0 Å². The van der Waals surface area contributed by atoms with Gasteiger partial charge in [0, 0.05) is 18.0 Å². The minimum absolute atomic E-state index is 0.218. The Morgan fingerprint density at radius 3 is 2.54 bits per heavy atom. The average molecular weight is 325 g/mol. The standard InChI is InChI=1S/C18H19N3O3/c1-23-15-10-13-14(11-16(15)24-2)20-21-17(13)18(22)19-9-8-12-6-4-3-5-7-12/h3-7,10-11H,8-9H2,1-2H3,(H,19,22)(H,20,21). The molecule has 124 valence electrons. The van der Waals surface area contributed by atoms with Gasteiger partial charge in [-0.2, -0.15) is 5.10 Å². The van der Waals surface area contributed by atoms with Crippen molar-refractivity contribution in [1.82, 2.24) is 15.5 Å². The van der Waals surface area contributed by atoms with E-state index in [1.165, 1.54) is 5.56 Å². The third kappa shape index (κ3) is 3.17. The summed E-state index contributed by atoms with van der Waals surface area (Å²) in [5, 5.41) is 10.6. The van der Waals surface area contributed by atoms with Gasteiger partial charge in [0.25, 0.3) is 5.91 Å². The van der Waals surface area contributed by atoms with Crippen molar-refractivity contribution < 1.29 is 14.3 Å². The number of hydrogen-bond donors (Lipinski definition) is 2. The van der Waals surface area contributed by atoms with Crippen LogP contribution in [0.1, 0.15) is 16.1 Å². The zero-order valence-corrected chi connectivity index (χ0v) is 13.6. The number of aromatic amines is 1. The molecule has 0 aliphatic heterocycles. The van der Waals surface area contributed by atoms with Gasteiger partial charge in [0.1, 0.15) is 0 Å². The highest BCUT2D eigenvalue weighted by molar-refractivity contribution is 6.05. The second-order valence-corrected chi connectivity index (χ2v) is 5.32. The van der Waals surface area contributed by atoms with E-state index < -0.39 is 0 Å². The first kappa shape index (κ1) is 15.9. The summed E-state index contributed by atoms with van der Waals surface area (Å²) in [5.41, 5.74) is 2.25. The molecule has 24 heavy (non-hydrogen) atoms. The van der Waals surface area contributed by atoms with Crippen LogP contribution in [0.3, 0.4) is 0 Å². The molecule has 0 saturated carbocycles. The molecular weight excluding hydrogens is 306 g/mol. The van der Waals surface area contributed by atoms with Crippen molar-refractivity contribution in [3.05, 3.63) is 53.7 Å². The molecule has 6 nitrogen and oxygen atoms in total. The average Bonchev–Trinajstić information content (AvgIpc) is 3.04. The Morgan fingerprint density at radius 2 is 1.83 bits per heavy atom. The fourth-order valence-corrected chi connectivity index (χ4v) is 2.57. The summed E-state index contributed by atoms with van der Waals surface area (Å²) >= 11 is 0. The monoisotopic (exact) mass is 325 g/mol. The van der Waals surface area contributed by atoms with Crippen molar-refractivity contribution in [3.8, 4) is 11.5 Å². The Labute approximate surface area is 139 Å². The van der Waals surface area contributed by atoms with Crippen molar-refractivity contribution in [1.29, 1.82) is 0 Å². The van der Waals surface area contributed by atoms with Crippen LogP contribution >= 0.6 is 0 Å². The van der Waals surface area contributed by atoms with Gasteiger partial charge in [-0.05, 0) is 18.1 Å². The number of benzene rings is 2. The van der Waals surface area contributed by atoms with Crippen molar-refractivity contribution in [2.24, 2.45) is 0 Å². The molecule has 3 rings (SSSR count). The van der Waals surface area contributed by atoms with Crippen LogP contribution in [0, 0.1) is 0 Å². The van der Waals surface area contributed by atoms with E-state index in [1.54, 1.807) is 26.4 Å². The Hall–Kier alpha value is -3.02. The van der Waals surface area contributed by atoms with Crippen molar-refractivity contribution in [3.63, 3.8) is 0 Å². The molecule has 3 aromatic rings. The fraction of sp³-hybridized carbons (Fsp3) is 0.222. The van der Waals surface area contributed by atoms with Gasteiger partial charge < -0.3 is 14.8 Å². The Kier molecular flexibility index (Phi) is 4.65. The van der Waals surface area contributed by atoms with Crippen LogP contribution in [0.25, 0.3) is 10.9 Å². The Balaban J connectivity index is 1.75. The van der Waals surface area contributed by atoms with Gasteiger partial charge in [0.2, 0.25) is 0 Å². The lowest BCUT2D eigenvalue weighted by atomic mass is 10.1. The molecule has 0 aliphatic rings.